The van der Waals surface area contributed by atoms with Gasteiger partial charge in [0.25, 0.3) is 0 Å². The van der Waals surface area contributed by atoms with Gasteiger partial charge in [0.15, 0.2) is 6.79 Å². The summed E-state index contributed by atoms with van der Waals surface area (Å²) in [6, 6.07) is 19.4. The quantitative estimate of drug-likeness (QED) is 0.202. The minimum Gasteiger partial charge on any atom is -0.530 e. The first-order valence-electron chi connectivity index (χ1n) is 12.7. The molecule has 1 heterocycles. The van der Waals surface area contributed by atoms with Crippen LogP contribution in [0.1, 0.15) is 23.5 Å². The summed E-state index contributed by atoms with van der Waals surface area (Å²) in [5.41, 5.74) is 1.85. The van der Waals surface area contributed by atoms with Gasteiger partial charge in [-0.1, -0.05) is 56.0 Å². The van der Waals surface area contributed by atoms with Crippen LogP contribution in [0.2, 0.25) is 25.7 Å². The Kier molecular flexibility index (Phi) is 8.84. The van der Waals surface area contributed by atoms with E-state index in [0.29, 0.717) is 19.6 Å². The maximum Gasteiger partial charge on any atom is 0.189 e. The lowest BCUT2D eigenvalue weighted by molar-refractivity contribution is -0.268. The second-order valence-corrected chi connectivity index (χ2v) is 16.4. The molecule has 1 fully saturated rings. The van der Waals surface area contributed by atoms with E-state index in [-0.39, 0.29) is 31.7 Å². The molecule has 1 saturated heterocycles. The van der Waals surface area contributed by atoms with Crippen molar-refractivity contribution in [1.82, 2.24) is 4.90 Å². The Hall–Kier alpha value is -2.94. The fourth-order valence-electron chi connectivity index (χ4n) is 4.63. The molecule has 198 valence electrons. The van der Waals surface area contributed by atoms with Gasteiger partial charge < -0.3 is 29.0 Å². The number of nitrogens with zero attached hydrogens (tertiary/aromatic N) is 1. The number of carboxylic acid groups (broad SMARTS) is 1. The molecular formula is C29H35FNO5Si-. The van der Waals surface area contributed by atoms with Crippen molar-refractivity contribution >= 4 is 24.9 Å². The summed E-state index contributed by atoms with van der Waals surface area (Å²) in [7, 11) is -1.17. The number of hydrogen-bond donors (Lipinski definition) is 0. The SMILES string of the molecule is C[Si](C)(C)CCOCOc1cc(COC2CN(C(=O)[O-])CCC2c2ccc(F)cc2)cc2ccccc12. The third-order valence-electron chi connectivity index (χ3n) is 6.76. The van der Waals surface area contributed by atoms with E-state index in [1.807, 2.05) is 30.3 Å². The number of likely N-dealkylation sites (tertiary alicyclic amines) is 1. The number of carbonyl (C=O) groups is 1. The third-order valence-corrected chi connectivity index (χ3v) is 8.46. The van der Waals surface area contributed by atoms with Crippen molar-refractivity contribution in [3.8, 4) is 5.75 Å². The Labute approximate surface area is 219 Å². The molecular weight excluding hydrogens is 489 g/mol. The second-order valence-electron chi connectivity index (χ2n) is 10.8. The first-order valence-corrected chi connectivity index (χ1v) is 16.5. The average molecular weight is 525 g/mol. The van der Waals surface area contributed by atoms with Crippen LogP contribution in [0.4, 0.5) is 9.18 Å². The Morgan fingerprint density at radius 2 is 1.86 bits per heavy atom. The molecule has 0 radical (unpaired) electrons. The van der Waals surface area contributed by atoms with E-state index in [0.717, 1.165) is 33.7 Å². The molecule has 0 aliphatic carbocycles. The summed E-state index contributed by atoms with van der Waals surface area (Å²) in [5.74, 6) is 0.369. The molecule has 4 rings (SSSR count). The molecule has 2 atom stereocenters. The highest BCUT2D eigenvalue weighted by molar-refractivity contribution is 6.76. The van der Waals surface area contributed by atoms with Gasteiger partial charge in [0.2, 0.25) is 0 Å². The van der Waals surface area contributed by atoms with Crippen LogP contribution in [-0.2, 0) is 16.1 Å². The number of ether oxygens (including phenoxy) is 3. The van der Waals surface area contributed by atoms with E-state index >= 15 is 0 Å². The van der Waals surface area contributed by atoms with Crippen molar-refractivity contribution in [3.05, 3.63) is 77.6 Å². The molecule has 1 aliphatic heterocycles. The Balaban J connectivity index is 1.48. The van der Waals surface area contributed by atoms with E-state index in [4.69, 9.17) is 14.2 Å². The van der Waals surface area contributed by atoms with Gasteiger partial charge in [-0.3, -0.25) is 0 Å². The zero-order chi connectivity index (χ0) is 26.4. The highest BCUT2D eigenvalue weighted by atomic mass is 28.3. The fourth-order valence-corrected chi connectivity index (χ4v) is 5.38. The van der Waals surface area contributed by atoms with Gasteiger partial charge >= 0.3 is 0 Å². The summed E-state index contributed by atoms with van der Waals surface area (Å²) in [5, 5.41) is 13.6. The lowest BCUT2D eigenvalue weighted by Gasteiger charge is -2.40. The number of carbonyl (C=O) groups excluding carboxylic acids is 1. The highest BCUT2D eigenvalue weighted by Gasteiger charge is 2.31. The van der Waals surface area contributed by atoms with Crippen molar-refractivity contribution in [2.24, 2.45) is 0 Å². The molecule has 0 bridgehead atoms. The van der Waals surface area contributed by atoms with E-state index in [1.165, 1.54) is 17.0 Å². The molecule has 3 aromatic rings. The first kappa shape index (κ1) is 27.1. The lowest BCUT2D eigenvalue weighted by Crippen LogP contribution is -2.51. The van der Waals surface area contributed by atoms with Crippen LogP contribution in [0.15, 0.2) is 60.7 Å². The first-order chi connectivity index (χ1) is 17.7. The molecule has 0 spiro atoms. The maximum atomic E-state index is 13.5. The van der Waals surface area contributed by atoms with Gasteiger partial charge in [-0.15, -0.1) is 0 Å². The fraction of sp³-hybridized carbons (Fsp3) is 0.414. The number of hydrogen-bond acceptors (Lipinski definition) is 5. The second kappa shape index (κ2) is 12.1. The smallest absolute Gasteiger partial charge is 0.189 e. The minimum absolute atomic E-state index is 0.0489. The summed E-state index contributed by atoms with van der Waals surface area (Å²) in [6.45, 7) is 8.63. The van der Waals surface area contributed by atoms with E-state index in [9.17, 15) is 14.3 Å². The molecule has 3 aromatic carbocycles. The van der Waals surface area contributed by atoms with E-state index in [1.54, 1.807) is 12.1 Å². The van der Waals surface area contributed by atoms with Crippen LogP contribution < -0.4 is 9.84 Å². The van der Waals surface area contributed by atoms with Crippen molar-refractivity contribution in [2.45, 2.75) is 50.7 Å². The van der Waals surface area contributed by atoms with Crippen molar-refractivity contribution in [1.29, 1.82) is 0 Å². The van der Waals surface area contributed by atoms with Crippen LogP contribution in [0, 0.1) is 5.82 Å². The van der Waals surface area contributed by atoms with Crippen LogP contribution in [0.5, 0.6) is 5.75 Å². The predicted molar refractivity (Wildman–Crippen MR) is 143 cm³/mol. The predicted octanol–water partition coefficient (Wildman–Crippen LogP) is 5.39. The van der Waals surface area contributed by atoms with Crippen molar-refractivity contribution in [2.75, 3.05) is 26.5 Å². The average Bonchev–Trinajstić information content (AvgIpc) is 2.87. The maximum absolute atomic E-state index is 13.5. The Bertz CT molecular complexity index is 1200. The zero-order valence-electron chi connectivity index (χ0n) is 21.7. The monoisotopic (exact) mass is 524 g/mol. The topological polar surface area (TPSA) is 71.1 Å². The van der Waals surface area contributed by atoms with E-state index < -0.39 is 20.3 Å². The molecule has 0 aromatic heterocycles. The number of benzene rings is 3. The standard InChI is InChI=1S/C29H36FNO5Si/c1-37(2,3)15-14-34-20-36-27-17-21(16-23-6-4-5-7-25(23)27)19-35-28-18-31(29(32)33)13-12-26(28)22-8-10-24(30)11-9-22/h4-11,16-17,26,28H,12-15,18-20H2,1-3H3,(H,32,33)/p-1. The van der Waals surface area contributed by atoms with Gasteiger partial charge in [0.1, 0.15) is 17.7 Å². The van der Waals surface area contributed by atoms with Crippen molar-refractivity contribution < 1.29 is 28.5 Å². The van der Waals surface area contributed by atoms with Gasteiger partial charge in [-0.2, -0.15) is 0 Å². The highest BCUT2D eigenvalue weighted by Crippen LogP contribution is 2.33. The molecule has 1 amide bonds. The van der Waals surface area contributed by atoms with Crippen LogP contribution in [-0.4, -0.2) is 51.7 Å². The molecule has 6 nitrogen and oxygen atoms in total. The van der Waals surface area contributed by atoms with Crippen LogP contribution in [0.25, 0.3) is 10.8 Å². The van der Waals surface area contributed by atoms with Crippen molar-refractivity contribution in [3.63, 3.8) is 0 Å². The van der Waals surface area contributed by atoms with Gasteiger partial charge in [0.05, 0.1) is 12.7 Å². The Morgan fingerprint density at radius 3 is 2.59 bits per heavy atom. The Morgan fingerprint density at radius 1 is 1.11 bits per heavy atom. The molecule has 37 heavy (non-hydrogen) atoms. The molecule has 1 aliphatic rings. The summed E-state index contributed by atoms with van der Waals surface area (Å²) >= 11 is 0. The number of amides is 1. The third kappa shape index (κ3) is 7.53. The normalized spacial score (nSPS) is 18.2. The summed E-state index contributed by atoms with van der Waals surface area (Å²) < 4.78 is 31.6. The van der Waals surface area contributed by atoms with Gasteiger partial charge in [-0.05, 0) is 53.2 Å². The molecule has 0 saturated carbocycles. The van der Waals surface area contributed by atoms with Crippen LogP contribution in [0.3, 0.4) is 0 Å². The van der Waals surface area contributed by atoms with Gasteiger partial charge in [0, 0.05) is 39.1 Å². The summed E-state index contributed by atoms with van der Waals surface area (Å²) in [4.78, 5) is 12.8. The zero-order valence-corrected chi connectivity index (χ0v) is 22.7. The number of rotatable bonds is 10. The molecule has 0 N–H and O–H groups in total. The molecule has 8 heteroatoms. The number of halogens is 1. The number of fused-ring (bicyclic) bond motifs is 1. The van der Waals surface area contributed by atoms with Gasteiger partial charge in [-0.25, -0.2) is 4.39 Å². The van der Waals surface area contributed by atoms with E-state index in [2.05, 4.69) is 25.7 Å². The lowest BCUT2D eigenvalue weighted by atomic mass is 9.87. The summed E-state index contributed by atoms with van der Waals surface area (Å²) in [6.07, 6.45) is -1.02. The largest absolute Gasteiger partial charge is 0.530 e. The molecule has 2 unspecified atom stereocenters. The van der Waals surface area contributed by atoms with Crippen LogP contribution >= 0.6 is 0 Å². The number of piperidine rings is 1. The minimum atomic E-state index is -1.21.